The summed E-state index contributed by atoms with van der Waals surface area (Å²) in [6, 6.07) is 17.3. The van der Waals surface area contributed by atoms with E-state index in [1.54, 1.807) is 42.5 Å². The number of nitrogens with zero attached hydrogens (tertiary/aromatic N) is 1. The molecular formula is C24H24ClN3O5S. The predicted molar refractivity (Wildman–Crippen MR) is 133 cm³/mol. The lowest BCUT2D eigenvalue weighted by atomic mass is 10.2. The molecule has 0 radical (unpaired) electrons. The second kappa shape index (κ2) is 10.6. The van der Waals surface area contributed by atoms with E-state index in [4.69, 9.17) is 16.3 Å². The summed E-state index contributed by atoms with van der Waals surface area (Å²) in [5.41, 5.74) is 1.90. The minimum Gasteiger partial charge on any atom is -0.495 e. The van der Waals surface area contributed by atoms with Gasteiger partial charge in [-0.25, -0.2) is 8.42 Å². The van der Waals surface area contributed by atoms with Crippen molar-refractivity contribution in [1.29, 1.82) is 0 Å². The van der Waals surface area contributed by atoms with Gasteiger partial charge in [-0.3, -0.25) is 13.9 Å². The summed E-state index contributed by atoms with van der Waals surface area (Å²) in [6.07, 6.45) is 0. The van der Waals surface area contributed by atoms with Crippen molar-refractivity contribution in [3.8, 4) is 5.75 Å². The number of halogens is 1. The van der Waals surface area contributed by atoms with Crippen LogP contribution >= 0.6 is 11.6 Å². The zero-order valence-electron chi connectivity index (χ0n) is 18.8. The number of ether oxygens (including phenoxy) is 1. The van der Waals surface area contributed by atoms with E-state index >= 15 is 0 Å². The number of sulfonamides is 1. The van der Waals surface area contributed by atoms with Crippen molar-refractivity contribution in [1.82, 2.24) is 0 Å². The van der Waals surface area contributed by atoms with Crippen LogP contribution in [0, 0.1) is 6.92 Å². The van der Waals surface area contributed by atoms with Crippen molar-refractivity contribution in [3.63, 3.8) is 0 Å². The maximum atomic E-state index is 13.6. The summed E-state index contributed by atoms with van der Waals surface area (Å²) < 4.78 is 33.5. The van der Waals surface area contributed by atoms with Crippen LogP contribution in [0.25, 0.3) is 0 Å². The molecular weight excluding hydrogens is 478 g/mol. The molecule has 0 aliphatic rings. The first-order chi connectivity index (χ1) is 16.1. The first-order valence-electron chi connectivity index (χ1n) is 10.2. The highest BCUT2D eigenvalue weighted by atomic mass is 35.5. The third kappa shape index (κ3) is 6.06. The Labute approximate surface area is 203 Å². The molecule has 0 aliphatic heterocycles. The van der Waals surface area contributed by atoms with Gasteiger partial charge < -0.3 is 15.4 Å². The molecule has 3 aromatic rings. The number of carbonyl (C=O) groups excluding carboxylic acids is 2. The molecule has 0 aromatic heterocycles. The van der Waals surface area contributed by atoms with Crippen LogP contribution in [0.3, 0.4) is 0 Å². The average Bonchev–Trinajstić information content (AvgIpc) is 2.77. The standard InChI is InChI=1S/C24H24ClN3O5S/c1-16-7-10-21(11-8-16)34(31,32)28(22-13-18(25)9-12-23(22)33-3)15-24(30)27-20-6-4-5-19(14-20)26-17(2)29/h4-14H,15H2,1-3H3,(H,26,29)(H,27,30). The lowest BCUT2D eigenvalue weighted by Crippen LogP contribution is -2.38. The third-order valence-electron chi connectivity index (χ3n) is 4.77. The Kier molecular flexibility index (Phi) is 7.80. The van der Waals surface area contributed by atoms with Gasteiger partial charge in [-0.15, -0.1) is 0 Å². The van der Waals surface area contributed by atoms with Gasteiger partial charge in [0.1, 0.15) is 12.3 Å². The lowest BCUT2D eigenvalue weighted by Gasteiger charge is -2.26. The van der Waals surface area contributed by atoms with Crippen molar-refractivity contribution in [3.05, 3.63) is 77.3 Å². The number of amides is 2. The molecule has 34 heavy (non-hydrogen) atoms. The van der Waals surface area contributed by atoms with Crippen molar-refractivity contribution in [2.75, 3.05) is 28.6 Å². The summed E-state index contributed by atoms with van der Waals surface area (Å²) >= 11 is 6.15. The van der Waals surface area contributed by atoms with E-state index in [-0.39, 0.29) is 27.3 Å². The largest absolute Gasteiger partial charge is 0.495 e. The Balaban J connectivity index is 1.98. The normalized spacial score (nSPS) is 10.9. The second-order valence-corrected chi connectivity index (χ2v) is 9.75. The van der Waals surface area contributed by atoms with Crippen LogP contribution in [0.15, 0.2) is 71.6 Å². The fourth-order valence-corrected chi connectivity index (χ4v) is 4.79. The van der Waals surface area contributed by atoms with Gasteiger partial charge in [-0.1, -0.05) is 35.4 Å². The van der Waals surface area contributed by atoms with E-state index in [9.17, 15) is 18.0 Å². The summed E-state index contributed by atoms with van der Waals surface area (Å²) in [5, 5.41) is 5.58. The van der Waals surface area contributed by atoms with Crippen LogP contribution in [0.5, 0.6) is 5.75 Å². The van der Waals surface area contributed by atoms with E-state index in [1.807, 2.05) is 6.92 Å². The minimum atomic E-state index is -4.15. The zero-order chi connectivity index (χ0) is 24.9. The Morgan fingerprint density at radius 2 is 1.62 bits per heavy atom. The Morgan fingerprint density at radius 1 is 0.971 bits per heavy atom. The van der Waals surface area contributed by atoms with Crippen LogP contribution in [0.2, 0.25) is 5.02 Å². The molecule has 8 nitrogen and oxygen atoms in total. The van der Waals surface area contributed by atoms with Gasteiger partial charge in [0.15, 0.2) is 0 Å². The van der Waals surface area contributed by atoms with E-state index in [1.165, 1.54) is 38.3 Å². The number of hydrogen-bond donors (Lipinski definition) is 2. The summed E-state index contributed by atoms with van der Waals surface area (Å²) in [6.45, 7) is 2.67. The van der Waals surface area contributed by atoms with Gasteiger partial charge >= 0.3 is 0 Å². The van der Waals surface area contributed by atoms with E-state index < -0.39 is 22.5 Å². The molecule has 0 saturated carbocycles. The molecule has 0 atom stereocenters. The Hall–Kier alpha value is -3.56. The fraction of sp³-hybridized carbons (Fsp3) is 0.167. The highest BCUT2D eigenvalue weighted by Gasteiger charge is 2.29. The van der Waals surface area contributed by atoms with Crippen LogP contribution in [0.1, 0.15) is 12.5 Å². The van der Waals surface area contributed by atoms with Crippen LogP contribution < -0.4 is 19.7 Å². The van der Waals surface area contributed by atoms with Gasteiger partial charge in [-0.2, -0.15) is 0 Å². The number of nitrogens with one attached hydrogen (secondary N) is 2. The number of rotatable bonds is 8. The quantitative estimate of drug-likeness (QED) is 0.474. The predicted octanol–water partition coefficient (Wildman–Crippen LogP) is 4.45. The van der Waals surface area contributed by atoms with Crippen molar-refractivity contribution < 1.29 is 22.7 Å². The van der Waals surface area contributed by atoms with Crippen molar-refractivity contribution >= 4 is 50.5 Å². The summed E-state index contributed by atoms with van der Waals surface area (Å²) in [7, 11) is -2.75. The van der Waals surface area contributed by atoms with Crippen LogP contribution in [0.4, 0.5) is 17.1 Å². The summed E-state index contributed by atoms with van der Waals surface area (Å²) in [5.74, 6) is -0.620. The number of methoxy groups -OCH3 is 1. The number of anilines is 3. The average molecular weight is 502 g/mol. The molecule has 0 saturated heterocycles. The highest BCUT2D eigenvalue weighted by Crippen LogP contribution is 2.35. The van der Waals surface area contributed by atoms with Crippen molar-refractivity contribution in [2.24, 2.45) is 0 Å². The third-order valence-corrected chi connectivity index (χ3v) is 6.78. The smallest absolute Gasteiger partial charge is 0.264 e. The SMILES string of the molecule is COc1ccc(Cl)cc1N(CC(=O)Nc1cccc(NC(C)=O)c1)S(=O)(=O)c1ccc(C)cc1. The van der Waals surface area contributed by atoms with Gasteiger partial charge in [0.2, 0.25) is 11.8 Å². The molecule has 0 heterocycles. The monoisotopic (exact) mass is 501 g/mol. The number of hydrogen-bond acceptors (Lipinski definition) is 5. The van der Waals surface area contributed by atoms with Crippen LogP contribution in [-0.4, -0.2) is 33.9 Å². The molecule has 3 aromatic carbocycles. The molecule has 2 N–H and O–H groups in total. The lowest BCUT2D eigenvalue weighted by molar-refractivity contribution is -0.115. The van der Waals surface area contributed by atoms with Gasteiger partial charge in [0, 0.05) is 23.3 Å². The van der Waals surface area contributed by atoms with Gasteiger partial charge in [-0.05, 0) is 55.5 Å². The van der Waals surface area contributed by atoms with Crippen LogP contribution in [-0.2, 0) is 19.6 Å². The number of benzene rings is 3. The van der Waals surface area contributed by atoms with Crippen molar-refractivity contribution in [2.45, 2.75) is 18.7 Å². The molecule has 0 spiro atoms. The van der Waals surface area contributed by atoms with Gasteiger partial charge in [0.25, 0.3) is 10.0 Å². The fourth-order valence-electron chi connectivity index (χ4n) is 3.20. The molecule has 3 rings (SSSR count). The first-order valence-corrected chi connectivity index (χ1v) is 12.0. The van der Waals surface area contributed by atoms with E-state index in [2.05, 4.69) is 10.6 Å². The van der Waals surface area contributed by atoms with Gasteiger partial charge in [0.05, 0.1) is 17.7 Å². The van der Waals surface area contributed by atoms with E-state index in [0.29, 0.717) is 11.4 Å². The maximum absolute atomic E-state index is 13.6. The molecule has 0 bridgehead atoms. The topological polar surface area (TPSA) is 105 Å². The molecule has 0 aliphatic carbocycles. The Morgan fingerprint density at radius 3 is 2.24 bits per heavy atom. The van der Waals surface area contributed by atoms with E-state index in [0.717, 1.165) is 9.87 Å². The molecule has 178 valence electrons. The highest BCUT2D eigenvalue weighted by molar-refractivity contribution is 7.92. The number of carbonyl (C=O) groups is 2. The zero-order valence-corrected chi connectivity index (χ0v) is 20.4. The second-order valence-electron chi connectivity index (χ2n) is 7.45. The molecule has 10 heteroatoms. The molecule has 0 fully saturated rings. The molecule has 2 amide bonds. The Bertz CT molecular complexity index is 1310. The summed E-state index contributed by atoms with van der Waals surface area (Å²) in [4.78, 5) is 24.3. The first kappa shape index (κ1) is 25.1. The minimum absolute atomic E-state index is 0.0144. The molecule has 0 unspecified atom stereocenters. The number of aryl methyl sites for hydroxylation is 1. The maximum Gasteiger partial charge on any atom is 0.264 e.